The molecule has 3 aromatic carbocycles. The molecule has 7 heteroatoms. The number of hydrogen-bond acceptors (Lipinski definition) is 5. The number of nitrogens with one attached hydrogen (secondary N) is 1. The fraction of sp³-hybridized carbons (Fsp3) is 0.154. The molecule has 1 amide bonds. The van der Waals surface area contributed by atoms with Crippen LogP contribution in [0.1, 0.15) is 20.3 Å². The SMILES string of the molecule is CCC(C)C(=O)Nc1cccc(-c2nc(-c3ccccc3Cl)c(-c3ccc(O)cc3O)o2)c1. The van der Waals surface area contributed by atoms with Crippen LogP contribution in [-0.4, -0.2) is 21.1 Å². The van der Waals surface area contributed by atoms with Gasteiger partial charge in [-0.25, -0.2) is 4.98 Å². The molecule has 1 unspecified atom stereocenters. The number of oxazole rings is 1. The summed E-state index contributed by atoms with van der Waals surface area (Å²) >= 11 is 6.43. The van der Waals surface area contributed by atoms with Crippen molar-refractivity contribution >= 4 is 23.2 Å². The molecule has 1 aromatic heterocycles. The molecule has 4 rings (SSSR count). The van der Waals surface area contributed by atoms with Crippen molar-refractivity contribution < 1.29 is 19.4 Å². The third-order valence-corrected chi connectivity index (χ3v) is 5.75. The maximum absolute atomic E-state index is 12.3. The van der Waals surface area contributed by atoms with E-state index in [1.165, 1.54) is 12.1 Å². The van der Waals surface area contributed by atoms with Crippen molar-refractivity contribution in [2.24, 2.45) is 5.92 Å². The number of carbonyl (C=O) groups excluding carboxylic acids is 1. The Morgan fingerprint density at radius 3 is 2.58 bits per heavy atom. The van der Waals surface area contributed by atoms with E-state index in [0.717, 1.165) is 6.42 Å². The van der Waals surface area contributed by atoms with Crippen LogP contribution in [0.2, 0.25) is 5.02 Å². The summed E-state index contributed by atoms with van der Waals surface area (Å²) in [6, 6.07) is 18.7. The number of halogens is 1. The molecule has 6 nitrogen and oxygen atoms in total. The third kappa shape index (κ3) is 4.71. The number of phenols is 2. The van der Waals surface area contributed by atoms with Gasteiger partial charge in [0.1, 0.15) is 17.2 Å². The average Bonchev–Trinajstić information content (AvgIpc) is 3.24. The smallest absolute Gasteiger partial charge is 0.227 e. The van der Waals surface area contributed by atoms with Crippen LogP contribution < -0.4 is 5.32 Å². The van der Waals surface area contributed by atoms with Crippen LogP contribution in [0.5, 0.6) is 11.5 Å². The summed E-state index contributed by atoms with van der Waals surface area (Å²) in [6.45, 7) is 3.84. The van der Waals surface area contributed by atoms with E-state index in [4.69, 9.17) is 16.0 Å². The fourth-order valence-electron chi connectivity index (χ4n) is 3.35. The topological polar surface area (TPSA) is 95.6 Å². The lowest BCUT2D eigenvalue weighted by molar-refractivity contribution is -0.119. The number of phenolic OH excluding ortho intramolecular Hbond substituents is 2. The summed E-state index contributed by atoms with van der Waals surface area (Å²) in [5.74, 6) is 0.220. The second-order valence-electron chi connectivity index (χ2n) is 7.76. The number of nitrogens with zero attached hydrogens (tertiary/aromatic N) is 1. The fourth-order valence-corrected chi connectivity index (χ4v) is 3.58. The molecule has 1 heterocycles. The van der Waals surface area contributed by atoms with Gasteiger partial charge in [0, 0.05) is 28.8 Å². The van der Waals surface area contributed by atoms with Crippen LogP contribution in [0.4, 0.5) is 5.69 Å². The van der Waals surface area contributed by atoms with E-state index in [2.05, 4.69) is 10.3 Å². The number of amides is 1. The van der Waals surface area contributed by atoms with E-state index in [-0.39, 0.29) is 23.3 Å². The predicted molar refractivity (Wildman–Crippen MR) is 129 cm³/mol. The normalized spacial score (nSPS) is 11.8. The second-order valence-corrected chi connectivity index (χ2v) is 8.16. The van der Waals surface area contributed by atoms with Gasteiger partial charge < -0.3 is 19.9 Å². The molecule has 0 fully saturated rings. The molecule has 0 radical (unpaired) electrons. The summed E-state index contributed by atoms with van der Waals surface area (Å²) < 4.78 is 6.12. The highest BCUT2D eigenvalue weighted by Crippen LogP contribution is 2.42. The molecule has 0 aliphatic carbocycles. The standard InChI is InChI=1S/C26H23ClN2O4/c1-3-15(2)25(32)28-17-8-6-7-16(13-17)26-29-23(19-9-4-5-10-21(19)27)24(33-26)20-12-11-18(30)14-22(20)31/h4-15,30-31H,3H2,1-2H3,(H,28,32). The van der Waals surface area contributed by atoms with Gasteiger partial charge in [0.25, 0.3) is 0 Å². The van der Waals surface area contributed by atoms with Gasteiger partial charge in [-0.2, -0.15) is 0 Å². The molecule has 0 spiro atoms. The molecular weight excluding hydrogens is 440 g/mol. The van der Waals surface area contributed by atoms with Crippen LogP contribution >= 0.6 is 11.6 Å². The second kappa shape index (κ2) is 9.38. The highest BCUT2D eigenvalue weighted by molar-refractivity contribution is 6.33. The van der Waals surface area contributed by atoms with Gasteiger partial charge in [-0.15, -0.1) is 0 Å². The highest BCUT2D eigenvalue weighted by Gasteiger charge is 2.22. The summed E-state index contributed by atoms with van der Waals surface area (Å²) in [7, 11) is 0. The van der Waals surface area contributed by atoms with Gasteiger partial charge in [-0.05, 0) is 42.8 Å². The van der Waals surface area contributed by atoms with Crippen molar-refractivity contribution in [3.05, 3.63) is 71.8 Å². The summed E-state index contributed by atoms with van der Waals surface area (Å²) in [6.07, 6.45) is 0.742. The van der Waals surface area contributed by atoms with Gasteiger partial charge >= 0.3 is 0 Å². The molecule has 1 atom stereocenters. The molecule has 0 saturated carbocycles. The van der Waals surface area contributed by atoms with E-state index in [1.54, 1.807) is 30.3 Å². The Morgan fingerprint density at radius 2 is 1.85 bits per heavy atom. The Morgan fingerprint density at radius 1 is 1.06 bits per heavy atom. The molecule has 4 aromatic rings. The van der Waals surface area contributed by atoms with Crippen molar-refractivity contribution in [3.63, 3.8) is 0 Å². The Labute approximate surface area is 196 Å². The van der Waals surface area contributed by atoms with Gasteiger partial charge in [-0.3, -0.25) is 4.79 Å². The van der Waals surface area contributed by atoms with Gasteiger partial charge in [0.15, 0.2) is 5.76 Å². The van der Waals surface area contributed by atoms with E-state index in [9.17, 15) is 15.0 Å². The molecule has 0 bridgehead atoms. The molecular formula is C26H23ClN2O4. The first-order chi connectivity index (χ1) is 15.9. The number of rotatable bonds is 6. The van der Waals surface area contributed by atoms with E-state index >= 15 is 0 Å². The zero-order valence-corrected chi connectivity index (χ0v) is 18.9. The molecule has 33 heavy (non-hydrogen) atoms. The van der Waals surface area contributed by atoms with Gasteiger partial charge in [0.2, 0.25) is 11.8 Å². The average molecular weight is 463 g/mol. The lowest BCUT2D eigenvalue weighted by atomic mass is 10.0. The number of hydrogen-bond donors (Lipinski definition) is 3. The maximum atomic E-state index is 12.3. The minimum atomic E-state index is -0.152. The summed E-state index contributed by atoms with van der Waals surface area (Å²) in [5, 5.41) is 23.5. The molecule has 0 aliphatic rings. The first-order valence-electron chi connectivity index (χ1n) is 10.6. The lowest BCUT2D eigenvalue weighted by Crippen LogP contribution is -2.19. The van der Waals surface area contributed by atoms with E-state index < -0.39 is 0 Å². The molecule has 0 aliphatic heterocycles. The maximum Gasteiger partial charge on any atom is 0.227 e. The monoisotopic (exact) mass is 462 g/mol. The summed E-state index contributed by atoms with van der Waals surface area (Å²) in [5.41, 5.74) is 2.73. The van der Waals surface area contributed by atoms with Gasteiger partial charge in [0.05, 0.1) is 10.6 Å². The number of aromatic hydroxyl groups is 2. The van der Waals surface area contributed by atoms with Crippen molar-refractivity contribution in [2.45, 2.75) is 20.3 Å². The van der Waals surface area contributed by atoms with Crippen LogP contribution in [-0.2, 0) is 4.79 Å². The number of anilines is 1. The minimum absolute atomic E-state index is 0.0616. The Hall–Kier alpha value is -3.77. The summed E-state index contributed by atoms with van der Waals surface area (Å²) in [4.78, 5) is 17.0. The minimum Gasteiger partial charge on any atom is -0.508 e. The molecule has 0 saturated heterocycles. The zero-order valence-electron chi connectivity index (χ0n) is 18.2. The van der Waals surface area contributed by atoms with Crippen molar-refractivity contribution in [1.82, 2.24) is 4.98 Å². The van der Waals surface area contributed by atoms with Crippen LogP contribution in [0, 0.1) is 5.92 Å². The number of carbonyl (C=O) groups is 1. The van der Waals surface area contributed by atoms with E-state index in [1.807, 2.05) is 38.1 Å². The van der Waals surface area contributed by atoms with Crippen LogP contribution in [0.3, 0.4) is 0 Å². The van der Waals surface area contributed by atoms with E-state index in [0.29, 0.717) is 44.7 Å². The molecule has 3 N–H and O–H groups in total. The molecule has 168 valence electrons. The Bertz CT molecular complexity index is 1320. The van der Waals surface area contributed by atoms with Crippen LogP contribution in [0.15, 0.2) is 71.1 Å². The highest BCUT2D eigenvalue weighted by atomic mass is 35.5. The first kappa shape index (κ1) is 22.4. The van der Waals surface area contributed by atoms with Crippen molar-refractivity contribution in [1.29, 1.82) is 0 Å². The number of aromatic nitrogens is 1. The Kier molecular flexibility index (Phi) is 6.38. The van der Waals surface area contributed by atoms with Crippen LogP contribution in [0.25, 0.3) is 34.0 Å². The third-order valence-electron chi connectivity index (χ3n) is 5.42. The predicted octanol–water partition coefficient (Wildman–Crippen LogP) is 6.72. The Balaban J connectivity index is 1.82. The van der Waals surface area contributed by atoms with Crippen molar-refractivity contribution in [2.75, 3.05) is 5.32 Å². The largest absolute Gasteiger partial charge is 0.508 e. The lowest BCUT2D eigenvalue weighted by Gasteiger charge is -2.10. The quantitative estimate of drug-likeness (QED) is 0.295. The van der Waals surface area contributed by atoms with Gasteiger partial charge in [-0.1, -0.05) is 49.7 Å². The first-order valence-corrected chi connectivity index (χ1v) is 10.9. The van der Waals surface area contributed by atoms with Crippen molar-refractivity contribution in [3.8, 4) is 45.5 Å². The number of benzene rings is 3. The zero-order chi connectivity index (χ0) is 23.5.